The van der Waals surface area contributed by atoms with E-state index < -0.39 is 12.1 Å². The van der Waals surface area contributed by atoms with Crippen LogP contribution >= 0.6 is 11.3 Å². The number of amides is 1. The first-order valence-electron chi connectivity index (χ1n) is 10.4. The van der Waals surface area contributed by atoms with Crippen molar-refractivity contribution < 1.29 is 19.8 Å². The Bertz CT molecular complexity index is 773. The van der Waals surface area contributed by atoms with E-state index in [4.69, 9.17) is 5.11 Å². The molecule has 0 aliphatic carbocycles. The van der Waals surface area contributed by atoms with Gasteiger partial charge in [-0.1, -0.05) is 26.0 Å². The number of aliphatic hydroxyl groups is 1. The van der Waals surface area contributed by atoms with E-state index in [0.29, 0.717) is 24.3 Å². The Morgan fingerprint density at radius 1 is 1.41 bits per heavy atom. The SMILES string of the molecule is CCCC#CC[C@H](C)[C@H](O)C=CC1CCC(=O)N1CCCc1ccc(C(=O)O)s1. The molecule has 1 aliphatic heterocycles. The molecule has 5 nitrogen and oxygen atoms in total. The molecule has 1 aliphatic rings. The highest BCUT2D eigenvalue weighted by Gasteiger charge is 2.28. The summed E-state index contributed by atoms with van der Waals surface area (Å²) < 4.78 is 0. The van der Waals surface area contributed by atoms with Crippen LogP contribution in [-0.4, -0.2) is 45.7 Å². The molecule has 1 unspecified atom stereocenters. The summed E-state index contributed by atoms with van der Waals surface area (Å²) in [6.45, 7) is 4.72. The molecule has 0 radical (unpaired) electrons. The van der Waals surface area contributed by atoms with E-state index in [1.54, 1.807) is 12.1 Å². The van der Waals surface area contributed by atoms with Crippen LogP contribution in [0.25, 0.3) is 0 Å². The highest BCUT2D eigenvalue weighted by molar-refractivity contribution is 7.13. The second-order valence-corrected chi connectivity index (χ2v) is 8.70. The highest BCUT2D eigenvalue weighted by Crippen LogP contribution is 2.23. The molecule has 0 spiro atoms. The zero-order chi connectivity index (χ0) is 21.2. The van der Waals surface area contributed by atoms with E-state index in [1.165, 1.54) is 11.3 Å². The molecule has 1 aromatic heterocycles. The number of carbonyl (C=O) groups is 2. The minimum Gasteiger partial charge on any atom is -0.477 e. The number of aryl methyl sites for hydroxylation is 1. The predicted octanol–water partition coefficient (Wildman–Crippen LogP) is 4.12. The maximum atomic E-state index is 12.2. The molecular formula is C23H31NO4S. The quantitative estimate of drug-likeness (QED) is 0.443. The third kappa shape index (κ3) is 7.34. The van der Waals surface area contributed by atoms with E-state index in [0.717, 1.165) is 37.0 Å². The molecule has 158 valence electrons. The van der Waals surface area contributed by atoms with Gasteiger partial charge in [-0.05, 0) is 43.7 Å². The van der Waals surface area contributed by atoms with E-state index >= 15 is 0 Å². The number of carboxylic acids is 1. The molecular weight excluding hydrogens is 386 g/mol. The lowest BCUT2D eigenvalue weighted by Gasteiger charge is -2.23. The molecule has 29 heavy (non-hydrogen) atoms. The second kappa shape index (κ2) is 11.8. The molecule has 2 N–H and O–H groups in total. The summed E-state index contributed by atoms with van der Waals surface area (Å²) in [4.78, 5) is 26.5. The lowest BCUT2D eigenvalue weighted by molar-refractivity contribution is -0.128. The molecule has 2 heterocycles. The smallest absolute Gasteiger partial charge is 0.345 e. The number of thiophene rings is 1. The Balaban J connectivity index is 1.83. The number of unbranched alkanes of at least 4 members (excludes halogenated alkanes) is 1. The van der Waals surface area contributed by atoms with Crippen LogP contribution in [0.1, 0.15) is 66.9 Å². The van der Waals surface area contributed by atoms with Crippen molar-refractivity contribution in [2.24, 2.45) is 5.92 Å². The Labute approximate surface area is 177 Å². The fourth-order valence-corrected chi connectivity index (χ4v) is 4.18. The largest absolute Gasteiger partial charge is 0.477 e. The summed E-state index contributed by atoms with van der Waals surface area (Å²) in [6.07, 6.45) is 8.65. The molecule has 1 saturated heterocycles. The van der Waals surface area contributed by atoms with Crippen molar-refractivity contribution in [2.45, 2.75) is 70.9 Å². The van der Waals surface area contributed by atoms with E-state index in [2.05, 4.69) is 18.8 Å². The molecule has 0 bridgehead atoms. The Hall–Kier alpha value is -2.10. The fourth-order valence-electron chi connectivity index (χ4n) is 3.30. The first-order chi connectivity index (χ1) is 13.9. The maximum absolute atomic E-state index is 12.2. The zero-order valence-corrected chi connectivity index (χ0v) is 18.1. The summed E-state index contributed by atoms with van der Waals surface area (Å²) in [7, 11) is 0. The molecule has 6 heteroatoms. The number of hydrogen-bond donors (Lipinski definition) is 2. The van der Waals surface area contributed by atoms with Gasteiger partial charge in [0.25, 0.3) is 0 Å². The first-order valence-corrected chi connectivity index (χ1v) is 11.2. The minimum atomic E-state index is -0.898. The summed E-state index contributed by atoms with van der Waals surface area (Å²) >= 11 is 1.29. The second-order valence-electron chi connectivity index (χ2n) is 7.53. The van der Waals surface area contributed by atoms with Gasteiger partial charge in [-0.15, -0.1) is 23.2 Å². The lowest BCUT2D eigenvalue weighted by Crippen LogP contribution is -2.33. The third-order valence-electron chi connectivity index (χ3n) is 5.11. The minimum absolute atomic E-state index is 0.0217. The predicted molar refractivity (Wildman–Crippen MR) is 116 cm³/mol. The normalized spacial score (nSPS) is 18.7. The maximum Gasteiger partial charge on any atom is 0.345 e. The number of hydrogen-bond acceptors (Lipinski definition) is 4. The number of aromatic carboxylic acids is 1. The van der Waals surface area contributed by atoms with Gasteiger partial charge in [0.2, 0.25) is 5.91 Å². The topological polar surface area (TPSA) is 77.8 Å². The summed E-state index contributed by atoms with van der Waals surface area (Å²) in [5, 5.41) is 19.4. The zero-order valence-electron chi connectivity index (χ0n) is 17.3. The highest BCUT2D eigenvalue weighted by atomic mass is 32.1. The lowest BCUT2D eigenvalue weighted by atomic mass is 10.00. The van der Waals surface area contributed by atoms with Crippen LogP contribution in [0.2, 0.25) is 0 Å². The molecule has 1 aromatic rings. The number of carboxylic acid groups (broad SMARTS) is 1. The van der Waals surface area contributed by atoms with Crippen LogP contribution in [-0.2, 0) is 11.2 Å². The van der Waals surface area contributed by atoms with Crippen molar-refractivity contribution in [3.63, 3.8) is 0 Å². The van der Waals surface area contributed by atoms with Crippen molar-refractivity contribution in [3.05, 3.63) is 34.0 Å². The average Bonchev–Trinajstić information content (AvgIpc) is 3.31. The van der Waals surface area contributed by atoms with E-state index in [1.807, 2.05) is 24.0 Å². The summed E-state index contributed by atoms with van der Waals surface area (Å²) in [5.41, 5.74) is 0. The van der Waals surface area contributed by atoms with Gasteiger partial charge in [0.05, 0.1) is 12.1 Å². The van der Waals surface area contributed by atoms with Crippen LogP contribution in [0.3, 0.4) is 0 Å². The van der Waals surface area contributed by atoms with Crippen LogP contribution in [0, 0.1) is 17.8 Å². The van der Waals surface area contributed by atoms with Gasteiger partial charge in [0, 0.05) is 30.7 Å². The number of likely N-dealkylation sites (tertiary alicyclic amines) is 1. The van der Waals surface area contributed by atoms with Gasteiger partial charge >= 0.3 is 5.97 Å². The Morgan fingerprint density at radius 3 is 2.90 bits per heavy atom. The third-order valence-corrected chi connectivity index (χ3v) is 6.24. The summed E-state index contributed by atoms with van der Waals surface area (Å²) in [6, 6.07) is 3.50. The van der Waals surface area contributed by atoms with Gasteiger partial charge in [-0.2, -0.15) is 0 Å². The average molecular weight is 418 g/mol. The van der Waals surface area contributed by atoms with Crippen molar-refractivity contribution in [3.8, 4) is 11.8 Å². The molecule has 1 fully saturated rings. The Kier molecular flexibility index (Phi) is 9.43. The van der Waals surface area contributed by atoms with Crippen molar-refractivity contribution in [1.29, 1.82) is 0 Å². The standard InChI is InChI=1S/C23H31NO4S/c1-3-4-5-6-8-17(2)20(25)13-10-18-11-15-22(26)24(18)16-7-9-19-12-14-21(29-19)23(27)28/h10,12-14,17-18,20,25H,3-4,7-9,11,15-16H2,1-2H3,(H,27,28)/t17-,18?,20+/m0/s1. The van der Waals surface area contributed by atoms with Crippen molar-refractivity contribution in [2.75, 3.05) is 6.54 Å². The Morgan fingerprint density at radius 2 is 2.21 bits per heavy atom. The van der Waals surface area contributed by atoms with Gasteiger partial charge < -0.3 is 15.1 Å². The molecule has 0 saturated carbocycles. The number of aliphatic hydroxyl groups excluding tert-OH is 1. The van der Waals surface area contributed by atoms with Crippen LogP contribution in [0.4, 0.5) is 0 Å². The molecule has 2 rings (SSSR count). The van der Waals surface area contributed by atoms with Crippen LogP contribution < -0.4 is 0 Å². The molecule has 0 aromatic carbocycles. The van der Waals surface area contributed by atoms with E-state index in [9.17, 15) is 14.7 Å². The monoisotopic (exact) mass is 417 g/mol. The van der Waals surface area contributed by atoms with Crippen molar-refractivity contribution in [1.82, 2.24) is 4.90 Å². The van der Waals surface area contributed by atoms with Gasteiger partial charge in [0.15, 0.2) is 0 Å². The van der Waals surface area contributed by atoms with Gasteiger partial charge in [0.1, 0.15) is 4.88 Å². The first kappa shape index (κ1) is 23.2. The number of carbonyl (C=O) groups excluding carboxylic acids is 1. The number of nitrogens with zero attached hydrogens (tertiary/aromatic N) is 1. The van der Waals surface area contributed by atoms with Crippen LogP contribution in [0.5, 0.6) is 0 Å². The number of rotatable bonds is 10. The van der Waals surface area contributed by atoms with Crippen molar-refractivity contribution >= 4 is 23.2 Å². The molecule has 3 atom stereocenters. The molecule has 1 amide bonds. The fraction of sp³-hybridized carbons (Fsp3) is 0.565. The van der Waals surface area contributed by atoms with Gasteiger partial charge in [-0.25, -0.2) is 4.79 Å². The van der Waals surface area contributed by atoms with E-state index in [-0.39, 0.29) is 17.9 Å². The van der Waals surface area contributed by atoms with Crippen LogP contribution in [0.15, 0.2) is 24.3 Å². The van der Waals surface area contributed by atoms with Gasteiger partial charge in [-0.3, -0.25) is 4.79 Å². The summed E-state index contributed by atoms with van der Waals surface area (Å²) in [5.74, 6) is 5.53.